The van der Waals surface area contributed by atoms with Crippen molar-refractivity contribution in [2.45, 2.75) is 4.90 Å². The highest BCUT2D eigenvalue weighted by molar-refractivity contribution is 8.00. The highest BCUT2D eigenvalue weighted by Gasteiger charge is 2.16. The first-order chi connectivity index (χ1) is 21.4. The molecular weight excluding hydrogens is 568 g/mol. The van der Waals surface area contributed by atoms with Gasteiger partial charge in [0.05, 0.1) is 5.75 Å². The second kappa shape index (κ2) is 14.2. The number of nitrogens with one attached hydrogen (secondary N) is 3. The number of hydrogen-bond donors (Lipinski definition) is 3. The summed E-state index contributed by atoms with van der Waals surface area (Å²) >= 11 is 1.37. The van der Waals surface area contributed by atoms with Crippen LogP contribution < -0.4 is 20.9 Å². The van der Waals surface area contributed by atoms with Crippen molar-refractivity contribution in [3.8, 4) is 0 Å². The molecule has 0 atom stereocenters. The second-order valence-corrected chi connectivity index (χ2v) is 11.3. The van der Waals surface area contributed by atoms with Crippen molar-refractivity contribution in [1.82, 2.24) is 5.32 Å². The van der Waals surface area contributed by atoms with E-state index in [0.29, 0.717) is 11.3 Å². The topological polar surface area (TPSA) is 90.5 Å². The molecule has 0 aromatic heterocycles. The van der Waals surface area contributed by atoms with Crippen LogP contribution in [0.25, 0.3) is 16.8 Å². The monoisotopic (exact) mass is 600 g/mol. The zero-order chi connectivity index (χ0) is 30.9. The molecule has 0 bridgehead atoms. The largest absolute Gasteiger partial charge is 0.378 e. The minimum absolute atomic E-state index is 0.101. The van der Waals surface area contributed by atoms with Gasteiger partial charge in [0.25, 0.3) is 11.8 Å². The summed E-state index contributed by atoms with van der Waals surface area (Å²) in [5.74, 6) is -0.794. The zero-order valence-corrected chi connectivity index (χ0v) is 25.2. The Hall–Kier alpha value is -5.34. The predicted octanol–water partition coefficient (Wildman–Crippen LogP) is 7.05. The van der Waals surface area contributed by atoms with E-state index in [-0.39, 0.29) is 17.4 Å². The minimum atomic E-state index is -0.471. The Kier molecular flexibility index (Phi) is 9.74. The van der Waals surface area contributed by atoms with Crippen LogP contribution in [0.1, 0.15) is 15.9 Å². The Bertz CT molecular complexity index is 1810. The van der Waals surface area contributed by atoms with Gasteiger partial charge in [-0.3, -0.25) is 14.4 Å². The van der Waals surface area contributed by atoms with Gasteiger partial charge >= 0.3 is 0 Å². The van der Waals surface area contributed by atoms with Gasteiger partial charge in [-0.25, -0.2) is 0 Å². The van der Waals surface area contributed by atoms with Gasteiger partial charge in [-0.1, -0.05) is 72.8 Å². The van der Waals surface area contributed by atoms with Crippen LogP contribution >= 0.6 is 11.8 Å². The number of hydrogen-bond acceptors (Lipinski definition) is 5. The molecule has 5 rings (SSSR count). The molecule has 0 saturated heterocycles. The number of amides is 3. The molecule has 8 heteroatoms. The van der Waals surface area contributed by atoms with Gasteiger partial charge in [0, 0.05) is 47.0 Å². The molecule has 0 unspecified atom stereocenters. The number of nitrogens with zero attached hydrogens (tertiary/aromatic N) is 1. The molecule has 0 aliphatic carbocycles. The second-order valence-electron chi connectivity index (χ2n) is 10.2. The SMILES string of the molecule is CN(C)c1ccc(/C=C(/NC(=O)c2ccccc2)C(=O)Nc2cccc(SCC(=O)Nc3cccc4ccccc34)c2)cc1. The van der Waals surface area contributed by atoms with Crippen LogP contribution in [0.5, 0.6) is 0 Å². The van der Waals surface area contributed by atoms with Crippen LogP contribution in [-0.4, -0.2) is 37.6 Å². The van der Waals surface area contributed by atoms with E-state index in [9.17, 15) is 14.4 Å². The molecule has 3 N–H and O–H groups in total. The lowest BCUT2D eigenvalue weighted by Gasteiger charge is -2.14. The summed E-state index contributed by atoms with van der Waals surface area (Å²) in [7, 11) is 3.90. The van der Waals surface area contributed by atoms with E-state index in [1.807, 2.05) is 104 Å². The molecule has 5 aromatic carbocycles. The highest BCUT2D eigenvalue weighted by atomic mass is 32.2. The molecule has 7 nitrogen and oxygen atoms in total. The molecule has 0 heterocycles. The average Bonchev–Trinajstić information content (AvgIpc) is 3.04. The maximum Gasteiger partial charge on any atom is 0.272 e. The van der Waals surface area contributed by atoms with Crippen molar-refractivity contribution >= 4 is 63.4 Å². The fourth-order valence-corrected chi connectivity index (χ4v) is 5.26. The van der Waals surface area contributed by atoms with Gasteiger partial charge in [-0.2, -0.15) is 0 Å². The molecule has 0 aliphatic heterocycles. The zero-order valence-electron chi connectivity index (χ0n) is 24.4. The third-order valence-corrected chi connectivity index (χ3v) is 7.77. The maximum absolute atomic E-state index is 13.5. The predicted molar refractivity (Wildman–Crippen MR) is 181 cm³/mol. The first-order valence-corrected chi connectivity index (χ1v) is 15.0. The fraction of sp³-hybridized carbons (Fsp3) is 0.0833. The number of anilines is 3. The van der Waals surface area contributed by atoms with Crippen molar-refractivity contribution < 1.29 is 14.4 Å². The summed E-state index contributed by atoms with van der Waals surface area (Å²) in [5.41, 5.74) is 3.62. The van der Waals surface area contributed by atoms with E-state index < -0.39 is 11.8 Å². The molecule has 0 radical (unpaired) electrons. The molecule has 0 saturated carbocycles. The number of benzene rings is 5. The molecule has 0 aliphatic rings. The standard InChI is InChI=1S/C36H32N4O3S/c1-40(2)29-20-18-25(19-21-29)22-33(39-35(42)27-11-4-3-5-12-27)36(43)37-28-14-9-15-30(23-28)44-24-34(41)38-32-17-8-13-26-10-6-7-16-31(26)32/h3-23H,24H2,1-2H3,(H,37,43)(H,38,41)(H,39,42)/b33-22+. The summed E-state index contributed by atoms with van der Waals surface area (Å²) < 4.78 is 0. The third-order valence-electron chi connectivity index (χ3n) is 6.77. The maximum atomic E-state index is 13.5. The van der Waals surface area contributed by atoms with Crippen molar-refractivity contribution in [1.29, 1.82) is 0 Å². The quantitative estimate of drug-likeness (QED) is 0.118. The molecule has 5 aromatic rings. The third kappa shape index (κ3) is 7.93. The number of thioether (sulfide) groups is 1. The Morgan fingerprint density at radius 2 is 1.45 bits per heavy atom. The highest BCUT2D eigenvalue weighted by Crippen LogP contribution is 2.25. The van der Waals surface area contributed by atoms with E-state index in [1.165, 1.54) is 11.8 Å². The number of carbonyl (C=O) groups excluding carboxylic acids is 3. The van der Waals surface area contributed by atoms with Crippen LogP contribution in [0.4, 0.5) is 17.1 Å². The van der Waals surface area contributed by atoms with Crippen LogP contribution in [0.3, 0.4) is 0 Å². The van der Waals surface area contributed by atoms with Crippen molar-refractivity contribution in [2.24, 2.45) is 0 Å². The molecule has 3 amide bonds. The van der Waals surface area contributed by atoms with Gasteiger partial charge in [0.15, 0.2) is 0 Å². The normalized spacial score (nSPS) is 11.1. The first kappa shape index (κ1) is 30.1. The summed E-state index contributed by atoms with van der Waals surface area (Å²) in [4.78, 5) is 42.0. The molecule has 0 fully saturated rings. The van der Waals surface area contributed by atoms with Crippen LogP contribution in [-0.2, 0) is 9.59 Å². The van der Waals surface area contributed by atoms with E-state index in [2.05, 4.69) is 16.0 Å². The lowest BCUT2D eigenvalue weighted by atomic mass is 10.1. The smallest absolute Gasteiger partial charge is 0.272 e. The molecule has 220 valence electrons. The summed E-state index contributed by atoms with van der Waals surface area (Å²) in [6.45, 7) is 0. The molecule has 44 heavy (non-hydrogen) atoms. The molecule has 0 spiro atoms. The van der Waals surface area contributed by atoms with Gasteiger partial charge in [-0.15, -0.1) is 11.8 Å². The van der Waals surface area contributed by atoms with Crippen molar-refractivity contribution in [2.75, 3.05) is 35.4 Å². The Morgan fingerprint density at radius 3 is 2.23 bits per heavy atom. The van der Waals surface area contributed by atoms with E-state index in [4.69, 9.17) is 0 Å². The van der Waals surface area contributed by atoms with E-state index >= 15 is 0 Å². The van der Waals surface area contributed by atoms with E-state index in [0.717, 1.165) is 32.6 Å². The number of fused-ring (bicyclic) bond motifs is 1. The van der Waals surface area contributed by atoms with Crippen LogP contribution in [0.15, 0.2) is 132 Å². The Labute approximate surface area is 261 Å². The van der Waals surface area contributed by atoms with Gasteiger partial charge in [-0.05, 0) is 65.6 Å². The number of rotatable bonds is 10. The summed E-state index contributed by atoms with van der Waals surface area (Å²) in [6, 6.07) is 37.4. The molecular formula is C36H32N4O3S. The fourth-order valence-electron chi connectivity index (χ4n) is 4.51. The minimum Gasteiger partial charge on any atom is -0.378 e. The lowest BCUT2D eigenvalue weighted by molar-refractivity contribution is -0.114. The number of carbonyl (C=O) groups is 3. The summed E-state index contributed by atoms with van der Waals surface area (Å²) in [5, 5.41) is 10.7. The first-order valence-electron chi connectivity index (χ1n) is 14.0. The van der Waals surface area contributed by atoms with Crippen LogP contribution in [0.2, 0.25) is 0 Å². The van der Waals surface area contributed by atoms with Crippen molar-refractivity contribution in [3.05, 3.63) is 138 Å². The van der Waals surface area contributed by atoms with Crippen molar-refractivity contribution in [3.63, 3.8) is 0 Å². The Balaban J connectivity index is 1.27. The average molecular weight is 601 g/mol. The van der Waals surface area contributed by atoms with Gasteiger partial charge in [0.2, 0.25) is 5.91 Å². The lowest BCUT2D eigenvalue weighted by Crippen LogP contribution is -2.30. The van der Waals surface area contributed by atoms with Crippen LogP contribution in [0, 0.1) is 0 Å². The van der Waals surface area contributed by atoms with E-state index in [1.54, 1.807) is 42.5 Å². The Morgan fingerprint density at radius 1 is 0.750 bits per heavy atom. The van der Waals surface area contributed by atoms with Gasteiger partial charge in [0.1, 0.15) is 5.70 Å². The van der Waals surface area contributed by atoms with Gasteiger partial charge < -0.3 is 20.9 Å². The summed E-state index contributed by atoms with van der Waals surface area (Å²) in [6.07, 6.45) is 1.64.